The highest BCUT2D eigenvalue weighted by Gasteiger charge is 2.03. The first-order valence-corrected chi connectivity index (χ1v) is 4.92. The van der Waals surface area contributed by atoms with E-state index in [0.29, 0.717) is 6.61 Å². The van der Waals surface area contributed by atoms with E-state index in [2.05, 4.69) is 4.98 Å². The summed E-state index contributed by atoms with van der Waals surface area (Å²) in [6.07, 6.45) is 1.29. The standard InChI is InChI=1S/C12H13NO2.3ClH/c1-9(14)8-15-12-6-2-5-11-10(12)4-3-7-13-11;;;/h2-7,9,14H,8H2,1H3;3*1H. The van der Waals surface area contributed by atoms with Crippen LogP contribution in [0.3, 0.4) is 0 Å². The first-order chi connectivity index (χ1) is 7.27. The summed E-state index contributed by atoms with van der Waals surface area (Å²) in [5, 5.41) is 10.1. The molecule has 1 aromatic heterocycles. The molecule has 1 unspecified atom stereocenters. The van der Waals surface area contributed by atoms with Crippen molar-refractivity contribution in [1.29, 1.82) is 0 Å². The first kappa shape index (κ1) is 19.6. The average Bonchev–Trinajstić information content (AvgIpc) is 2.26. The van der Waals surface area contributed by atoms with Crippen LogP contribution in [-0.2, 0) is 0 Å². The molecule has 1 heterocycles. The molecule has 2 aromatic rings. The smallest absolute Gasteiger partial charge is 0.128 e. The van der Waals surface area contributed by atoms with Gasteiger partial charge in [0.1, 0.15) is 12.4 Å². The van der Waals surface area contributed by atoms with Crippen LogP contribution in [0.2, 0.25) is 0 Å². The van der Waals surface area contributed by atoms with Crippen molar-refractivity contribution in [2.45, 2.75) is 13.0 Å². The van der Waals surface area contributed by atoms with E-state index < -0.39 is 6.10 Å². The van der Waals surface area contributed by atoms with E-state index in [4.69, 9.17) is 9.84 Å². The van der Waals surface area contributed by atoms with Crippen molar-refractivity contribution >= 4 is 48.1 Å². The van der Waals surface area contributed by atoms with E-state index in [-0.39, 0.29) is 37.2 Å². The Morgan fingerprint density at radius 2 is 1.89 bits per heavy atom. The Labute approximate surface area is 125 Å². The number of nitrogens with zero attached hydrogens (tertiary/aromatic N) is 1. The summed E-state index contributed by atoms with van der Waals surface area (Å²) in [5.74, 6) is 0.765. The number of fused-ring (bicyclic) bond motifs is 1. The van der Waals surface area contributed by atoms with E-state index in [1.165, 1.54) is 0 Å². The normalized spacial score (nSPS) is 10.6. The summed E-state index contributed by atoms with van der Waals surface area (Å²) in [4.78, 5) is 4.23. The number of hydrogen-bond donors (Lipinski definition) is 1. The number of hydrogen-bond acceptors (Lipinski definition) is 3. The van der Waals surface area contributed by atoms with Gasteiger partial charge in [-0.05, 0) is 31.2 Å². The van der Waals surface area contributed by atoms with Gasteiger partial charge in [-0.3, -0.25) is 4.98 Å². The zero-order valence-corrected chi connectivity index (χ0v) is 12.2. The quantitative estimate of drug-likeness (QED) is 0.946. The van der Waals surface area contributed by atoms with Gasteiger partial charge in [-0.1, -0.05) is 6.07 Å². The van der Waals surface area contributed by atoms with Crippen molar-refractivity contribution in [3.63, 3.8) is 0 Å². The zero-order valence-electron chi connectivity index (χ0n) is 9.78. The van der Waals surface area contributed by atoms with Gasteiger partial charge in [0.05, 0.1) is 11.6 Å². The fourth-order valence-electron chi connectivity index (χ4n) is 1.41. The van der Waals surface area contributed by atoms with E-state index >= 15 is 0 Å². The molecule has 1 atom stereocenters. The SMILES string of the molecule is CC(O)COc1cccc2ncccc12.Cl.Cl.Cl. The molecule has 0 bridgehead atoms. The van der Waals surface area contributed by atoms with E-state index in [9.17, 15) is 0 Å². The minimum Gasteiger partial charge on any atom is -0.490 e. The molecule has 0 spiro atoms. The Kier molecular flexibility index (Phi) is 10.0. The van der Waals surface area contributed by atoms with Crippen molar-refractivity contribution in [2.24, 2.45) is 0 Å². The molecule has 102 valence electrons. The number of halogens is 3. The van der Waals surface area contributed by atoms with Crippen molar-refractivity contribution in [2.75, 3.05) is 6.61 Å². The second-order valence-corrected chi connectivity index (χ2v) is 3.49. The third-order valence-corrected chi connectivity index (χ3v) is 2.09. The highest BCUT2D eigenvalue weighted by Crippen LogP contribution is 2.23. The molecule has 0 radical (unpaired) electrons. The maximum Gasteiger partial charge on any atom is 0.128 e. The Morgan fingerprint density at radius 1 is 1.17 bits per heavy atom. The largest absolute Gasteiger partial charge is 0.490 e. The number of rotatable bonds is 3. The zero-order chi connectivity index (χ0) is 10.7. The molecule has 0 aliphatic heterocycles. The molecule has 6 heteroatoms. The van der Waals surface area contributed by atoms with Crippen LogP contribution in [0.25, 0.3) is 10.9 Å². The third kappa shape index (κ3) is 4.86. The Balaban J connectivity index is 0. The molecule has 0 saturated carbocycles. The second-order valence-electron chi connectivity index (χ2n) is 3.49. The number of aliphatic hydroxyl groups excluding tert-OH is 1. The number of aliphatic hydroxyl groups is 1. The summed E-state index contributed by atoms with van der Waals surface area (Å²) in [6, 6.07) is 9.54. The van der Waals surface area contributed by atoms with Gasteiger partial charge in [0, 0.05) is 11.6 Å². The van der Waals surface area contributed by atoms with E-state index in [0.717, 1.165) is 16.7 Å². The van der Waals surface area contributed by atoms with Crippen LogP contribution in [0.1, 0.15) is 6.92 Å². The summed E-state index contributed by atoms with van der Waals surface area (Å²) in [7, 11) is 0. The van der Waals surface area contributed by atoms with Crippen LogP contribution in [0.4, 0.5) is 0 Å². The van der Waals surface area contributed by atoms with Gasteiger partial charge in [0.25, 0.3) is 0 Å². The molecule has 2 rings (SSSR count). The van der Waals surface area contributed by atoms with Crippen molar-refractivity contribution in [3.05, 3.63) is 36.5 Å². The molecule has 0 fully saturated rings. The van der Waals surface area contributed by atoms with Crippen molar-refractivity contribution in [1.82, 2.24) is 4.98 Å². The minimum atomic E-state index is -0.461. The van der Waals surface area contributed by atoms with Crippen LogP contribution >= 0.6 is 37.2 Å². The van der Waals surface area contributed by atoms with Crippen LogP contribution in [0.15, 0.2) is 36.5 Å². The summed E-state index contributed by atoms with van der Waals surface area (Å²) >= 11 is 0. The number of pyridine rings is 1. The lowest BCUT2D eigenvalue weighted by Gasteiger charge is -2.09. The fourth-order valence-corrected chi connectivity index (χ4v) is 1.41. The van der Waals surface area contributed by atoms with Crippen LogP contribution in [0, 0.1) is 0 Å². The first-order valence-electron chi connectivity index (χ1n) is 4.92. The molecule has 1 N–H and O–H groups in total. The van der Waals surface area contributed by atoms with E-state index in [1.807, 2.05) is 30.3 Å². The lowest BCUT2D eigenvalue weighted by atomic mass is 10.2. The van der Waals surface area contributed by atoms with Crippen LogP contribution < -0.4 is 4.74 Å². The Bertz CT molecular complexity index is 461. The third-order valence-electron chi connectivity index (χ3n) is 2.09. The molecule has 0 amide bonds. The summed E-state index contributed by atoms with van der Waals surface area (Å²) in [5.41, 5.74) is 0.903. The van der Waals surface area contributed by atoms with Gasteiger partial charge in [-0.15, -0.1) is 37.2 Å². The topological polar surface area (TPSA) is 42.4 Å². The van der Waals surface area contributed by atoms with Gasteiger partial charge >= 0.3 is 0 Å². The number of aromatic nitrogens is 1. The molecule has 1 aromatic carbocycles. The fraction of sp³-hybridized carbons (Fsp3) is 0.250. The van der Waals surface area contributed by atoms with Gasteiger partial charge in [-0.2, -0.15) is 0 Å². The van der Waals surface area contributed by atoms with Crippen LogP contribution in [-0.4, -0.2) is 22.8 Å². The lowest BCUT2D eigenvalue weighted by molar-refractivity contribution is 0.123. The van der Waals surface area contributed by atoms with Gasteiger partial charge in [0.2, 0.25) is 0 Å². The minimum absolute atomic E-state index is 0. The van der Waals surface area contributed by atoms with Gasteiger partial charge in [-0.25, -0.2) is 0 Å². The molecule has 0 aliphatic rings. The lowest BCUT2D eigenvalue weighted by Crippen LogP contribution is -2.12. The molecule has 18 heavy (non-hydrogen) atoms. The average molecular weight is 313 g/mol. The maximum atomic E-state index is 9.15. The van der Waals surface area contributed by atoms with Gasteiger partial charge in [0.15, 0.2) is 0 Å². The molecule has 0 aliphatic carbocycles. The Hall–Kier alpha value is -0.740. The number of ether oxygens (including phenoxy) is 1. The monoisotopic (exact) mass is 311 g/mol. The maximum absolute atomic E-state index is 9.15. The van der Waals surface area contributed by atoms with Crippen molar-refractivity contribution in [3.8, 4) is 5.75 Å². The van der Waals surface area contributed by atoms with Crippen LogP contribution in [0.5, 0.6) is 5.75 Å². The number of benzene rings is 1. The second kappa shape index (κ2) is 9.22. The summed E-state index contributed by atoms with van der Waals surface area (Å²) < 4.78 is 5.49. The van der Waals surface area contributed by atoms with Crippen molar-refractivity contribution < 1.29 is 9.84 Å². The molecule has 0 saturated heterocycles. The predicted molar refractivity (Wildman–Crippen MR) is 80.7 cm³/mol. The van der Waals surface area contributed by atoms with Gasteiger partial charge < -0.3 is 9.84 Å². The highest BCUT2D eigenvalue weighted by atomic mass is 35.5. The molecular formula is C12H16Cl3NO2. The predicted octanol–water partition coefficient (Wildman–Crippen LogP) is 3.26. The van der Waals surface area contributed by atoms with E-state index in [1.54, 1.807) is 13.1 Å². The Morgan fingerprint density at radius 3 is 2.56 bits per heavy atom. The molecular weight excluding hydrogens is 296 g/mol. The summed E-state index contributed by atoms with van der Waals surface area (Å²) in [6.45, 7) is 2.00. The highest BCUT2D eigenvalue weighted by molar-refractivity contribution is 5.86. The molecule has 3 nitrogen and oxygen atoms in total.